The third-order valence-electron chi connectivity index (χ3n) is 1.89. The maximum Gasteiger partial charge on any atom is 0.140 e. The van der Waals surface area contributed by atoms with E-state index in [0.29, 0.717) is 6.61 Å². The highest BCUT2D eigenvalue weighted by Crippen LogP contribution is 2.21. The predicted octanol–water partition coefficient (Wildman–Crippen LogP) is 1.09. The van der Waals surface area contributed by atoms with Crippen LogP contribution in [0, 0.1) is 0 Å². The highest BCUT2D eigenvalue weighted by Gasteiger charge is 2.25. The number of nitrogens with one attached hydrogen (secondary N) is 1. The molecule has 2 rings (SSSR count). The molecule has 0 fully saturated rings. The Bertz CT molecular complexity index is 309. The minimum atomic E-state index is 0.178. The van der Waals surface area contributed by atoms with Gasteiger partial charge in [-0.3, -0.25) is 0 Å². The number of fused-ring (bicyclic) bond motifs is 1. The third-order valence-corrected chi connectivity index (χ3v) is 2.53. The molecule has 0 radical (unpaired) electrons. The minimum absolute atomic E-state index is 0.178. The molecular formula is C8H9N3OS. The Morgan fingerprint density at radius 2 is 2.69 bits per heavy atom. The van der Waals surface area contributed by atoms with Gasteiger partial charge >= 0.3 is 0 Å². The highest BCUT2D eigenvalue weighted by atomic mass is 32.2. The van der Waals surface area contributed by atoms with E-state index in [1.807, 2.05) is 18.2 Å². The Kier molecular flexibility index (Phi) is 2.47. The van der Waals surface area contributed by atoms with Gasteiger partial charge in [0.1, 0.15) is 6.61 Å². The Labute approximate surface area is 80.7 Å². The van der Waals surface area contributed by atoms with Crippen LogP contribution in [-0.2, 0) is 4.84 Å². The Morgan fingerprint density at radius 3 is 3.54 bits per heavy atom. The summed E-state index contributed by atoms with van der Waals surface area (Å²) >= 11 is 1.36. The molecule has 1 aliphatic carbocycles. The number of hydrogen-bond donors (Lipinski definition) is 1. The quantitative estimate of drug-likeness (QED) is 0.416. The number of oxime groups is 1. The fourth-order valence-corrected chi connectivity index (χ4v) is 1.96. The largest absolute Gasteiger partial charge is 0.392 e. The van der Waals surface area contributed by atoms with Crippen LogP contribution >= 0.6 is 12.1 Å². The first kappa shape index (κ1) is 8.52. The van der Waals surface area contributed by atoms with Crippen molar-refractivity contribution in [3.63, 3.8) is 0 Å². The van der Waals surface area contributed by atoms with Crippen molar-refractivity contribution in [2.24, 2.45) is 9.55 Å². The summed E-state index contributed by atoms with van der Waals surface area (Å²) in [6, 6.07) is 0.178. The van der Waals surface area contributed by atoms with Crippen molar-refractivity contribution in [1.82, 2.24) is 4.72 Å². The molecule has 13 heavy (non-hydrogen) atoms. The van der Waals surface area contributed by atoms with Crippen LogP contribution in [0.4, 0.5) is 0 Å². The molecule has 0 aromatic heterocycles. The first-order valence-electron chi connectivity index (χ1n) is 3.86. The molecule has 0 aromatic rings. The molecule has 2 aliphatic rings. The summed E-state index contributed by atoms with van der Waals surface area (Å²) in [5.74, 6) is 0. The van der Waals surface area contributed by atoms with Crippen molar-refractivity contribution in [3.05, 3.63) is 23.8 Å². The highest BCUT2D eigenvalue weighted by molar-refractivity contribution is 7.96. The smallest absolute Gasteiger partial charge is 0.140 e. The fraction of sp³-hybridized carbons (Fsp3) is 0.250. The van der Waals surface area contributed by atoms with E-state index in [-0.39, 0.29) is 6.04 Å². The van der Waals surface area contributed by atoms with Gasteiger partial charge in [-0.1, -0.05) is 12.2 Å². The zero-order chi connectivity index (χ0) is 9.10. The van der Waals surface area contributed by atoms with E-state index in [1.165, 1.54) is 12.1 Å². The lowest BCUT2D eigenvalue weighted by Crippen LogP contribution is -2.31. The SMILES string of the molecule is C=NOCC1=CC=CC2=NSNC12. The summed E-state index contributed by atoms with van der Waals surface area (Å²) in [5, 5.41) is 3.35. The lowest BCUT2D eigenvalue weighted by atomic mass is 9.99. The number of rotatable bonds is 3. The molecule has 0 aromatic carbocycles. The second-order valence-corrected chi connectivity index (χ2v) is 3.26. The van der Waals surface area contributed by atoms with Crippen LogP contribution in [-0.4, -0.2) is 25.1 Å². The van der Waals surface area contributed by atoms with E-state index in [4.69, 9.17) is 4.84 Å². The van der Waals surface area contributed by atoms with Crippen molar-refractivity contribution in [1.29, 1.82) is 0 Å². The molecule has 0 saturated heterocycles. The van der Waals surface area contributed by atoms with Gasteiger partial charge in [-0.25, -0.2) is 9.12 Å². The molecule has 1 N–H and O–H groups in total. The van der Waals surface area contributed by atoms with Crippen LogP contribution in [0.2, 0.25) is 0 Å². The van der Waals surface area contributed by atoms with Gasteiger partial charge in [0.25, 0.3) is 0 Å². The fourth-order valence-electron chi connectivity index (χ4n) is 1.26. The van der Waals surface area contributed by atoms with Crippen LogP contribution in [0.3, 0.4) is 0 Å². The van der Waals surface area contributed by atoms with E-state index in [2.05, 4.69) is 21.0 Å². The van der Waals surface area contributed by atoms with Crippen LogP contribution in [0.15, 0.2) is 33.4 Å². The minimum Gasteiger partial charge on any atom is -0.392 e. The van der Waals surface area contributed by atoms with Crippen molar-refractivity contribution in [3.8, 4) is 0 Å². The van der Waals surface area contributed by atoms with Crippen LogP contribution in [0.1, 0.15) is 0 Å². The summed E-state index contributed by atoms with van der Waals surface area (Å²) in [7, 11) is 0. The molecule has 0 spiro atoms. The van der Waals surface area contributed by atoms with Gasteiger partial charge < -0.3 is 4.84 Å². The van der Waals surface area contributed by atoms with E-state index in [9.17, 15) is 0 Å². The monoisotopic (exact) mass is 195 g/mol. The Morgan fingerprint density at radius 1 is 1.77 bits per heavy atom. The summed E-state index contributed by atoms with van der Waals surface area (Å²) in [6.45, 7) is 3.72. The van der Waals surface area contributed by atoms with Gasteiger partial charge in [0.2, 0.25) is 0 Å². The molecule has 1 aliphatic heterocycles. The van der Waals surface area contributed by atoms with E-state index in [1.54, 1.807) is 0 Å². The van der Waals surface area contributed by atoms with Gasteiger partial charge in [0, 0.05) is 6.72 Å². The predicted molar refractivity (Wildman–Crippen MR) is 54.7 cm³/mol. The summed E-state index contributed by atoms with van der Waals surface area (Å²) in [5.41, 5.74) is 2.16. The normalized spacial score (nSPS) is 24.8. The Balaban J connectivity index is 2.09. The standard InChI is InChI=1S/C8H9N3OS/c1-9-12-5-6-3-2-4-7-8(6)11-13-10-7/h2-4,8,11H,1,5H2. The average Bonchev–Trinajstić information content (AvgIpc) is 2.62. The first-order chi connectivity index (χ1) is 6.42. The van der Waals surface area contributed by atoms with E-state index >= 15 is 0 Å². The van der Waals surface area contributed by atoms with Crippen molar-refractivity contribution >= 4 is 24.6 Å². The molecule has 1 heterocycles. The zero-order valence-corrected chi connectivity index (χ0v) is 7.75. The molecule has 4 nitrogen and oxygen atoms in total. The summed E-state index contributed by atoms with van der Waals surface area (Å²) in [4.78, 5) is 4.89. The first-order valence-corrected chi connectivity index (χ1v) is 4.63. The third kappa shape index (κ3) is 1.66. The van der Waals surface area contributed by atoms with Gasteiger partial charge in [0.05, 0.1) is 23.9 Å². The number of hydrogen-bond acceptors (Lipinski definition) is 5. The molecular weight excluding hydrogens is 186 g/mol. The Hall–Kier alpha value is -1.07. The van der Waals surface area contributed by atoms with Crippen molar-refractivity contribution < 1.29 is 4.84 Å². The van der Waals surface area contributed by atoms with Gasteiger partial charge in [-0.05, 0) is 11.6 Å². The van der Waals surface area contributed by atoms with Crippen LogP contribution < -0.4 is 4.72 Å². The second-order valence-electron chi connectivity index (χ2n) is 2.66. The van der Waals surface area contributed by atoms with Crippen molar-refractivity contribution in [2.45, 2.75) is 6.04 Å². The maximum atomic E-state index is 4.89. The zero-order valence-electron chi connectivity index (χ0n) is 6.93. The molecule has 1 atom stereocenters. The van der Waals surface area contributed by atoms with Crippen molar-refractivity contribution in [2.75, 3.05) is 6.61 Å². The molecule has 5 heteroatoms. The molecule has 0 amide bonds. The van der Waals surface area contributed by atoms with E-state index in [0.717, 1.165) is 11.3 Å². The summed E-state index contributed by atoms with van der Waals surface area (Å²) < 4.78 is 7.38. The van der Waals surface area contributed by atoms with Crippen LogP contribution in [0.5, 0.6) is 0 Å². The molecule has 0 saturated carbocycles. The van der Waals surface area contributed by atoms with Crippen LogP contribution in [0.25, 0.3) is 0 Å². The van der Waals surface area contributed by atoms with E-state index < -0.39 is 0 Å². The average molecular weight is 195 g/mol. The topological polar surface area (TPSA) is 46.0 Å². The van der Waals surface area contributed by atoms with Gasteiger partial charge in [-0.15, -0.1) is 5.16 Å². The van der Waals surface area contributed by atoms with Gasteiger partial charge in [-0.2, -0.15) is 0 Å². The second kappa shape index (κ2) is 3.76. The molecule has 1 unspecified atom stereocenters. The number of nitrogens with zero attached hydrogens (tertiary/aromatic N) is 2. The lowest BCUT2D eigenvalue weighted by molar-refractivity contribution is 0.168. The summed E-state index contributed by atoms with van der Waals surface area (Å²) in [6.07, 6.45) is 5.96. The maximum absolute atomic E-state index is 4.89. The van der Waals surface area contributed by atoms with Gasteiger partial charge in [0.15, 0.2) is 0 Å². The lowest BCUT2D eigenvalue weighted by Gasteiger charge is -2.16. The number of allylic oxidation sites excluding steroid dienone is 2. The molecule has 0 bridgehead atoms. The molecule has 68 valence electrons.